The van der Waals surface area contributed by atoms with E-state index in [2.05, 4.69) is 10.3 Å². The summed E-state index contributed by atoms with van der Waals surface area (Å²) in [5, 5.41) is 12.3. The molecule has 23 heavy (non-hydrogen) atoms. The van der Waals surface area contributed by atoms with Gasteiger partial charge in [-0.15, -0.1) is 0 Å². The van der Waals surface area contributed by atoms with Crippen LogP contribution in [0.4, 0.5) is 0 Å². The Morgan fingerprint density at radius 1 is 1.30 bits per heavy atom. The number of hydrogen-bond acceptors (Lipinski definition) is 4. The maximum atomic E-state index is 11.7. The van der Waals surface area contributed by atoms with Gasteiger partial charge in [-0.3, -0.25) is 4.79 Å². The number of rotatable bonds is 5. The predicted molar refractivity (Wildman–Crippen MR) is 88.4 cm³/mol. The second-order valence-corrected chi connectivity index (χ2v) is 6.04. The van der Waals surface area contributed by atoms with Crippen LogP contribution in [0.25, 0.3) is 0 Å². The van der Waals surface area contributed by atoms with Crippen LogP contribution in [0.15, 0.2) is 36.5 Å². The Morgan fingerprint density at radius 2 is 2.04 bits per heavy atom. The lowest BCUT2D eigenvalue weighted by atomic mass is 10.1. The molecule has 0 aliphatic rings. The van der Waals surface area contributed by atoms with Gasteiger partial charge >= 0.3 is 0 Å². The van der Waals surface area contributed by atoms with Crippen molar-refractivity contribution in [2.75, 3.05) is 0 Å². The zero-order valence-corrected chi connectivity index (χ0v) is 13.9. The second-order valence-electron chi connectivity index (χ2n) is 6.04. The van der Waals surface area contributed by atoms with Gasteiger partial charge in [0.1, 0.15) is 11.4 Å². The number of ether oxygens (including phenoxy) is 1. The minimum atomic E-state index is -1.40. The van der Waals surface area contributed by atoms with Crippen molar-refractivity contribution in [3.8, 4) is 11.6 Å². The van der Waals surface area contributed by atoms with Crippen LogP contribution in [0.5, 0.6) is 11.6 Å². The van der Waals surface area contributed by atoms with Crippen LogP contribution in [0.2, 0.25) is 0 Å². The Balaban J connectivity index is 2.08. The number of aryl methyl sites for hydroxylation is 1. The SMILES string of the molecule is Cc1cccc(Oc2cc(CNC(=O)C(C)(C)O)ccn2)c1C. The average Bonchev–Trinajstić information content (AvgIpc) is 2.49. The second kappa shape index (κ2) is 6.79. The topological polar surface area (TPSA) is 71.5 Å². The number of nitrogens with zero attached hydrogens (tertiary/aromatic N) is 1. The summed E-state index contributed by atoms with van der Waals surface area (Å²) in [5.41, 5.74) is 1.66. The standard InChI is InChI=1S/C18H22N2O3/c1-12-6-5-7-15(13(12)2)23-16-10-14(8-9-19-16)11-20-17(21)18(3,4)22/h5-10,22H,11H2,1-4H3,(H,20,21). The minimum absolute atomic E-state index is 0.300. The van der Waals surface area contributed by atoms with Crippen LogP contribution >= 0.6 is 0 Å². The zero-order chi connectivity index (χ0) is 17.0. The van der Waals surface area contributed by atoms with Crippen molar-refractivity contribution in [3.05, 3.63) is 53.2 Å². The molecule has 0 saturated heterocycles. The number of carbonyl (C=O) groups excluding carboxylic acids is 1. The molecule has 0 aliphatic heterocycles. The van der Waals surface area contributed by atoms with Crippen molar-refractivity contribution in [1.29, 1.82) is 0 Å². The fraction of sp³-hybridized carbons (Fsp3) is 0.333. The first-order chi connectivity index (χ1) is 10.8. The minimum Gasteiger partial charge on any atom is -0.439 e. The van der Waals surface area contributed by atoms with Gasteiger partial charge in [0.05, 0.1) is 0 Å². The van der Waals surface area contributed by atoms with Crippen molar-refractivity contribution < 1.29 is 14.6 Å². The Labute approximate surface area is 136 Å². The van der Waals surface area contributed by atoms with Crippen molar-refractivity contribution in [2.45, 2.75) is 39.8 Å². The maximum Gasteiger partial charge on any atom is 0.251 e. The molecule has 0 bridgehead atoms. The van der Waals surface area contributed by atoms with Crippen LogP contribution in [0.3, 0.4) is 0 Å². The number of aliphatic hydroxyl groups is 1. The summed E-state index contributed by atoms with van der Waals surface area (Å²) in [6.45, 7) is 7.22. The Bertz CT molecular complexity index is 706. The monoisotopic (exact) mass is 314 g/mol. The molecule has 0 unspecified atom stereocenters. The van der Waals surface area contributed by atoms with E-state index < -0.39 is 11.5 Å². The molecule has 5 heteroatoms. The summed E-state index contributed by atoms with van der Waals surface area (Å²) < 4.78 is 5.83. The molecule has 2 N–H and O–H groups in total. The highest BCUT2D eigenvalue weighted by Crippen LogP contribution is 2.25. The van der Waals surface area contributed by atoms with Crippen LogP contribution in [0, 0.1) is 13.8 Å². The first-order valence-electron chi connectivity index (χ1n) is 7.47. The number of aromatic nitrogens is 1. The molecule has 1 heterocycles. The van der Waals surface area contributed by atoms with Crippen molar-refractivity contribution in [2.24, 2.45) is 0 Å². The summed E-state index contributed by atoms with van der Waals surface area (Å²) in [4.78, 5) is 15.9. The van der Waals surface area contributed by atoms with Gasteiger partial charge in [0, 0.05) is 18.8 Å². The molecule has 0 atom stereocenters. The molecule has 0 spiro atoms. The van der Waals surface area contributed by atoms with E-state index in [1.54, 1.807) is 18.3 Å². The average molecular weight is 314 g/mol. The fourth-order valence-corrected chi connectivity index (χ4v) is 1.96. The zero-order valence-electron chi connectivity index (χ0n) is 13.9. The van der Waals surface area contributed by atoms with Crippen LogP contribution in [-0.2, 0) is 11.3 Å². The van der Waals surface area contributed by atoms with Gasteiger partial charge < -0.3 is 15.2 Å². The van der Waals surface area contributed by atoms with Crippen LogP contribution in [-0.4, -0.2) is 21.6 Å². The van der Waals surface area contributed by atoms with E-state index in [4.69, 9.17) is 4.74 Å². The number of carbonyl (C=O) groups is 1. The Kier molecular flexibility index (Phi) is 5.01. The number of nitrogens with one attached hydrogen (secondary N) is 1. The third kappa shape index (κ3) is 4.53. The van der Waals surface area contributed by atoms with Gasteiger partial charge in [0.2, 0.25) is 5.88 Å². The van der Waals surface area contributed by atoms with Gasteiger partial charge in [-0.2, -0.15) is 0 Å². The summed E-state index contributed by atoms with van der Waals surface area (Å²) in [6, 6.07) is 9.42. The van der Waals surface area contributed by atoms with Gasteiger partial charge in [-0.05, 0) is 56.5 Å². The maximum absolute atomic E-state index is 11.7. The summed E-state index contributed by atoms with van der Waals surface area (Å²) in [5.74, 6) is 0.801. The quantitative estimate of drug-likeness (QED) is 0.890. The van der Waals surface area contributed by atoms with Crippen molar-refractivity contribution >= 4 is 5.91 Å². The summed E-state index contributed by atoms with van der Waals surface area (Å²) in [6.07, 6.45) is 1.63. The Hall–Kier alpha value is -2.40. The van der Waals surface area contributed by atoms with Gasteiger partial charge in [0.25, 0.3) is 5.91 Å². The van der Waals surface area contributed by atoms with E-state index in [-0.39, 0.29) is 0 Å². The van der Waals surface area contributed by atoms with Gasteiger partial charge in [-0.1, -0.05) is 12.1 Å². The third-order valence-electron chi connectivity index (χ3n) is 3.58. The number of pyridine rings is 1. The molecule has 122 valence electrons. The molecule has 2 aromatic rings. The third-order valence-corrected chi connectivity index (χ3v) is 3.58. The molecule has 2 rings (SSSR count). The van der Waals surface area contributed by atoms with E-state index >= 15 is 0 Å². The van der Waals surface area contributed by atoms with E-state index in [0.29, 0.717) is 12.4 Å². The first kappa shape index (κ1) is 17.0. The number of benzene rings is 1. The van der Waals surface area contributed by atoms with E-state index in [1.807, 2.05) is 32.0 Å². The highest BCUT2D eigenvalue weighted by atomic mass is 16.5. The predicted octanol–water partition coefficient (Wildman–Crippen LogP) is 2.88. The molecular weight excluding hydrogens is 292 g/mol. The largest absolute Gasteiger partial charge is 0.439 e. The lowest BCUT2D eigenvalue weighted by Crippen LogP contribution is -2.41. The van der Waals surface area contributed by atoms with E-state index in [0.717, 1.165) is 22.4 Å². The molecule has 5 nitrogen and oxygen atoms in total. The first-order valence-corrected chi connectivity index (χ1v) is 7.47. The molecule has 0 radical (unpaired) electrons. The highest BCUT2D eigenvalue weighted by Gasteiger charge is 2.23. The highest BCUT2D eigenvalue weighted by molar-refractivity contribution is 5.83. The number of hydrogen-bond donors (Lipinski definition) is 2. The molecule has 1 amide bonds. The molecule has 0 saturated carbocycles. The molecule has 0 fully saturated rings. The van der Waals surface area contributed by atoms with Crippen molar-refractivity contribution in [1.82, 2.24) is 10.3 Å². The summed E-state index contributed by atoms with van der Waals surface area (Å²) >= 11 is 0. The Morgan fingerprint density at radius 3 is 2.74 bits per heavy atom. The molecule has 0 aliphatic carbocycles. The molecular formula is C18H22N2O3. The fourth-order valence-electron chi connectivity index (χ4n) is 1.96. The van der Waals surface area contributed by atoms with E-state index in [1.165, 1.54) is 13.8 Å². The smallest absolute Gasteiger partial charge is 0.251 e. The molecule has 1 aromatic carbocycles. The lowest BCUT2D eigenvalue weighted by Gasteiger charge is -2.16. The normalized spacial score (nSPS) is 11.2. The van der Waals surface area contributed by atoms with Gasteiger partial charge in [0.15, 0.2) is 0 Å². The van der Waals surface area contributed by atoms with E-state index in [9.17, 15) is 9.90 Å². The van der Waals surface area contributed by atoms with Crippen LogP contribution in [0.1, 0.15) is 30.5 Å². The lowest BCUT2D eigenvalue weighted by molar-refractivity contribution is -0.136. The molecule has 1 aromatic heterocycles. The van der Waals surface area contributed by atoms with Gasteiger partial charge in [-0.25, -0.2) is 4.98 Å². The van der Waals surface area contributed by atoms with Crippen molar-refractivity contribution in [3.63, 3.8) is 0 Å². The summed E-state index contributed by atoms with van der Waals surface area (Å²) in [7, 11) is 0. The van der Waals surface area contributed by atoms with Crippen LogP contribution < -0.4 is 10.1 Å². The number of amides is 1.